The van der Waals surface area contributed by atoms with E-state index in [2.05, 4.69) is 23.5 Å². The molecule has 0 fully saturated rings. The molecular formula is C16H25NO2. The molecule has 1 aromatic carbocycles. The third-order valence-corrected chi connectivity index (χ3v) is 4.11. The summed E-state index contributed by atoms with van der Waals surface area (Å²) in [6.07, 6.45) is 3.62. The zero-order chi connectivity index (χ0) is 13.7. The van der Waals surface area contributed by atoms with Gasteiger partial charge >= 0.3 is 0 Å². The molecule has 0 unspecified atom stereocenters. The predicted octanol–water partition coefficient (Wildman–Crippen LogP) is 2.30. The number of aliphatic hydroxyl groups is 1. The third-order valence-electron chi connectivity index (χ3n) is 4.11. The van der Waals surface area contributed by atoms with E-state index in [4.69, 9.17) is 4.74 Å². The number of benzene rings is 1. The van der Waals surface area contributed by atoms with Crippen LogP contribution in [-0.4, -0.2) is 30.4 Å². The zero-order valence-electron chi connectivity index (χ0n) is 12.0. The zero-order valence-corrected chi connectivity index (χ0v) is 12.0. The monoisotopic (exact) mass is 263 g/mol. The van der Waals surface area contributed by atoms with Crippen LogP contribution in [0.2, 0.25) is 0 Å². The van der Waals surface area contributed by atoms with Gasteiger partial charge in [0.1, 0.15) is 5.75 Å². The van der Waals surface area contributed by atoms with E-state index < -0.39 is 5.60 Å². The van der Waals surface area contributed by atoms with Crippen molar-refractivity contribution in [3.8, 4) is 5.75 Å². The molecule has 1 aliphatic heterocycles. The molecule has 2 N–H and O–H groups in total. The molecule has 0 aliphatic carbocycles. The standard InChI is InChI=1S/C16H25NO2/c1-3-16(18,4-2)12-17-9-7-13-5-6-15-14(11-13)8-10-19-15/h5-6,11,17-18H,3-4,7-10,12H2,1-2H3. The Balaban J connectivity index is 1.77. The van der Waals surface area contributed by atoms with E-state index in [9.17, 15) is 5.11 Å². The van der Waals surface area contributed by atoms with Crippen molar-refractivity contribution in [1.29, 1.82) is 0 Å². The molecule has 106 valence electrons. The maximum absolute atomic E-state index is 10.2. The first-order valence-corrected chi connectivity index (χ1v) is 7.34. The van der Waals surface area contributed by atoms with E-state index in [1.54, 1.807) is 0 Å². The van der Waals surface area contributed by atoms with E-state index in [1.807, 2.05) is 13.8 Å². The van der Waals surface area contributed by atoms with Crippen molar-refractivity contribution >= 4 is 0 Å². The first-order chi connectivity index (χ1) is 9.17. The van der Waals surface area contributed by atoms with Gasteiger partial charge in [0.05, 0.1) is 12.2 Å². The summed E-state index contributed by atoms with van der Waals surface area (Å²) in [6.45, 7) is 6.46. The average molecular weight is 263 g/mol. The highest BCUT2D eigenvalue weighted by atomic mass is 16.5. The maximum atomic E-state index is 10.2. The molecule has 0 radical (unpaired) electrons. The lowest BCUT2D eigenvalue weighted by Crippen LogP contribution is -2.40. The van der Waals surface area contributed by atoms with Crippen molar-refractivity contribution < 1.29 is 9.84 Å². The van der Waals surface area contributed by atoms with Gasteiger partial charge in [-0.15, -0.1) is 0 Å². The van der Waals surface area contributed by atoms with Crippen LogP contribution in [-0.2, 0) is 12.8 Å². The lowest BCUT2D eigenvalue weighted by molar-refractivity contribution is 0.0328. The minimum absolute atomic E-state index is 0.550. The normalized spacial score (nSPS) is 14.3. The fraction of sp³-hybridized carbons (Fsp3) is 0.625. The smallest absolute Gasteiger partial charge is 0.122 e. The number of ether oxygens (including phenoxy) is 1. The van der Waals surface area contributed by atoms with E-state index in [0.717, 1.165) is 44.6 Å². The van der Waals surface area contributed by atoms with Crippen molar-refractivity contribution in [2.45, 2.75) is 45.1 Å². The minimum Gasteiger partial charge on any atom is -0.493 e. The summed E-state index contributed by atoms with van der Waals surface area (Å²) < 4.78 is 5.50. The van der Waals surface area contributed by atoms with Gasteiger partial charge in [0, 0.05) is 13.0 Å². The average Bonchev–Trinajstić information content (AvgIpc) is 2.91. The second-order valence-electron chi connectivity index (χ2n) is 5.40. The van der Waals surface area contributed by atoms with Crippen molar-refractivity contribution in [1.82, 2.24) is 5.32 Å². The van der Waals surface area contributed by atoms with Crippen LogP contribution in [0.5, 0.6) is 5.75 Å². The van der Waals surface area contributed by atoms with Gasteiger partial charge < -0.3 is 15.2 Å². The van der Waals surface area contributed by atoms with Crippen molar-refractivity contribution in [3.63, 3.8) is 0 Å². The summed E-state index contributed by atoms with van der Waals surface area (Å²) in [4.78, 5) is 0. The molecule has 1 heterocycles. The maximum Gasteiger partial charge on any atom is 0.122 e. The first kappa shape index (κ1) is 14.4. The summed E-state index contributed by atoms with van der Waals surface area (Å²) >= 11 is 0. The van der Waals surface area contributed by atoms with Crippen LogP contribution in [0.15, 0.2) is 18.2 Å². The Labute approximate surface area is 116 Å². The van der Waals surface area contributed by atoms with E-state index >= 15 is 0 Å². The fourth-order valence-corrected chi connectivity index (χ4v) is 2.45. The molecule has 1 aliphatic rings. The van der Waals surface area contributed by atoms with Crippen LogP contribution in [0.3, 0.4) is 0 Å². The summed E-state index contributed by atoms with van der Waals surface area (Å²) in [6, 6.07) is 6.46. The van der Waals surface area contributed by atoms with E-state index in [1.165, 1.54) is 11.1 Å². The second kappa shape index (κ2) is 6.40. The Bertz CT molecular complexity index is 413. The van der Waals surface area contributed by atoms with Crippen LogP contribution in [0.1, 0.15) is 37.8 Å². The minimum atomic E-state index is -0.550. The number of hydrogen-bond acceptors (Lipinski definition) is 3. The quantitative estimate of drug-likeness (QED) is 0.742. The van der Waals surface area contributed by atoms with Crippen LogP contribution in [0.4, 0.5) is 0 Å². The molecular weight excluding hydrogens is 238 g/mol. The number of hydrogen-bond donors (Lipinski definition) is 2. The molecule has 2 rings (SSSR count). The number of fused-ring (bicyclic) bond motifs is 1. The van der Waals surface area contributed by atoms with Crippen LogP contribution < -0.4 is 10.1 Å². The van der Waals surface area contributed by atoms with Crippen LogP contribution in [0.25, 0.3) is 0 Å². The van der Waals surface area contributed by atoms with Gasteiger partial charge in [-0.25, -0.2) is 0 Å². The molecule has 3 heteroatoms. The molecule has 0 amide bonds. The highest BCUT2D eigenvalue weighted by molar-refractivity contribution is 5.39. The first-order valence-electron chi connectivity index (χ1n) is 7.34. The number of nitrogens with one attached hydrogen (secondary N) is 1. The fourth-order valence-electron chi connectivity index (χ4n) is 2.45. The topological polar surface area (TPSA) is 41.5 Å². The third kappa shape index (κ3) is 3.71. The second-order valence-corrected chi connectivity index (χ2v) is 5.40. The van der Waals surface area contributed by atoms with Gasteiger partial charge in [-0.1, -0.05) is 26.0 Å². The SMILES string of the molecule is CCC(O)(CC)CNCCc1ccc2c(c1)CCO2. The molecule has 0 bridgehead atoms. The summed E-state index contributed by atoms with van der Waals surface area (Å²) in [5.74, 6) is 1.04. The predicted molar refractivity (Wildman–Crippen MR) is 77.7 cm³/mol. The largest absolute Gasteiger partial charge is 0.493 e. The molecule has 0 saturated heterocycles. The molecule has 0 aromatic heterocycles. The molecule has 0 spiro atoms. The van der Waals surface area contributed by atoms with Crippen molar-refractivity contribution in [2.75, 3.05) is 19.7 Å². The highest BCUT2D eigenvalue weighted by Gasteiger charge is 2.21. The summed E-state index contributed by atoms with van der Waals surface area (Å²) in [7, 11) is 0. The van der Waals surface area contributed by atoms with Gasteiger partial charge in [-0.2, -0.15) is 0 Å². The van der Waals surface area contributed by atoms with E-state index in [0.29, 0.717) is 6.54 Å². The summed E-state index contributed by atoms with van der Waals surface area (Å²) in [5, 5.41) is 13.5. The molecule has 0 saturated carbocycles. The molecule has 19 heavy (non-hydrogen) atoms. The van der Waals surface area contributed by atoms with Crippen molar-refractivity contribution in [2.24, 2.45) is 0 Å². The molecule has 1 aromatic rings. The van der Waals surface area contributed by atoms with Crippen molar-refractivity contribution in [3.05, 3.63) is 29.3 Å². The van der Waals surface area contributed by atoms with Crippen LogP contribution in [0, 0.1) is 0 Å². The Morgan fingerprint density at radius 3 is 2.84 bits per heavy atom. The highest BCUT2D eigenvalue weighted by Crippen LogP contribution is 2.25. The lowest BCUT2D eigenvalue weighted by Gasteiger charge is -2.25. The lowest BCUT2D eigenvalue weighted by atomic mass is 9.97. The van der Waals surface area contributed by atoms with Gasteiger partial charge in [-0.05, 0) is 43.0 Å². The Kier molecular flexibility index (Phi) is 4.83. The summed E-state index contributed by atoms with van der Waals surface area (Å²) in [5.41, 5.74) is 2.12. The Hall–Kier alpha value is -1.06. The van der Waals surface area contributed by atoms with Gasteiger partial charge in [0.25, 0.3) is 0 Å². The Morgan fingerprint density at radius 2 is 2.11 bits per heavy atom. The Morgan fingerprint density at radius 1 is 1.32 bits per heavy atom. The molecule has 3 nitrogen and oxygen atoms in total. The van der Waals surface area contributed by atoms with Gasteiger partial charge in [0.2, 0.25) is 0 Å². The van der Waals surface area contributed by atoms with Crippen LogP contribution >= 0.6 is 0 Å². The van der Waals surface area contributed by atoms with E-state index in [-0.39, 0.29) is 0 Å². The number of rotatable bonds is 7. The van der Waals surface area contributed by atoms with Gasteiger partial charge in [0.15, 0.2) is 0 Å². The van der Waals surface area contributed by atoms with Gasteiger partial charge in [-0.3, -0.25) is 0 Å². The molecule has 0 atom stereocenters.